The number of carbonyl (C=O) groups excluding carboxylic acids is 1. The van der Waals surface area contributed by atoms with Crippen LogP contribution in [0.1, 0.15) is 30.8 Å². The quantitative estimate of drug-likeness (QED) is 0.157. The summed E-state index contributed by atoms with van der Waals surface area (Å²) in [6, 6.07) is 29.4. The number of nitrogens with zero attached hydrogens (tertiary/aromatic N) is 3. The molecule has 4 aromatic carbocycles. The number of halogens is 2. The molecule has 1 N–H and O–H groups in total. The van der Waals surface area contributed by atoms with Gasteiger partial charge in [0.1, 0.15) is 12.4 Å². The maximum Gasteiger partial charge on any atom is 0.326 e. The van der Waals surface area contributed by atoms with Crippen LogP contribution in [0.2, 0.25) is 10.0 Å². The number of imidazole rings is 1. The highest BCUT2D eigenvalue weighted by molar-refractivity contribution is 7.99. The Hall–Kier alpha value is -4.02. The van der Waals surface area contributed by atoms with Gasteiger partial charge in [0.05, 0.1) is 16.4 Å². The minimum Gasteiger partial charge on any atom is -0.326 e. The van der Waals surface area contributed by atoms with E-state index in [9.17, 15) is 13.2 Å². The van der Waals surface area contributed by atoms with Crippen molar-refractivity contribution in [1.29, 1.82) is 0 Å². The highest BCUT2D eigenvalue weighted by atomic mass is 35.5. The number of carbonyl (C=O) groups is 1. The molecule has 1 amide bonds. The van der Waals surface area contributed by atoms with Gasteiger partial charge in [-0.3, -0.25) is 4.79 Å². The van der Waals surface area contributed by atoms with E-state index in [4.69, 9.17) is 28.2 Å². The fourth-order valence-electron chi connectivity index (χ4n) is 5.11. The van der Waals surface area contributed by atoms with E-state index in [1.54, 1.807) is 24.3 Å². The molecule has 0 atom stereocenters. The first kappa shape index (κ1) is 31.9. The number of benzene rings is 4. The molecule has 1 aliphatic heterocycles. The number of hydrogen-bond acceptors (Lipinski definition) is 5. The van der Waals surface area contributed by atoms with Gasteiger partial charge in [0.25, 0.3) is 5.91 Å². The number of hydrogen-bond donors (Lipinski definition) is 1. The fraction of sp³-hybridized carbons (Fsp3) is 0.143. The summed E-state index contributed by atoms with van der Waals surface area (Å²) in [5.74, 6) is 0.154. The normalized spacial score (nSPS) is 14.4. The number of nitrogens with one attached hydrogen (secondary N) is 1. The summed E-state index contributed by atoms with van der Waals surface area (Å²) in [7, 11) is -3.87. The molecule has 0 saturated carbocycles. The van der Waals surface area contributed by atoms with Crippen molar-refractivity contribution < 1.29 is 13.2 Å². The summed E-state index contributed by atoms with van der Waals surface area (Å²) in [4.78, 5) is 17.8. The lowest BCUT2D eigenvalue weighted by Gasteiger charge is -2.15. The summed E-state index contributed by atoms with van der Waals surface area (Å²) < 4.78 is 29.6. The zero-order valence-corrected chi connectivity index (χ0v) is 28.2. The first-order chi connectivity index (χ1) is 22.0. The molecule has 1 saturated heterocycles. The Bertz CT molecular complexity index is 2020. The van der Waals surface area contributed by atoms with E-state index in [-0.39, 0.29) is 6.54 Å². The number of aromatic nitrogens is 2. The predicted molar refractivity (Wildman–Crippen MR) is 189 cm³/mol. The largest absolute Gasteiger partial charge is 0.326 e. The van der Waals surface area contributed by atoms with Gasteiger partial charge < -0.3 is 4.57 Å². The predicted octanol–water partition coefficient (Wildman–Crippen LogP) is 8.42. The van der Waals surface area contributed by atoms with Gasteiger partial charge in [-0.05, 0) is 70.8 Å². The lowest BCUT2D eigenvalue weighted by Crippen LogP contribution is -2.29. The molecule has 0 unspecified atom stereocenters. The molecule has 0 spiro atoms. The van der Waals surface area contributed by atoms with E-state index in [0.29, 0.717) is 39.0 Å². The van der Waals surface area contributed by atoms with E-state index in [2.05, 4.69) is 62.4 Å². The summed E-state index contributed by atoms with van der Waals surface area (Å²) in [5, 5.41) is 1.58. The van der Waals surface area contributed by atoms with E-state index >= 15 is 0 Å². The van der Waals surface area contributed by atoms with Crippen LogP contribution in [0.3, 0.4) is 0 Å². The Morgan fingerprint density at radius 2 is 1.59 bits per heavy atom. The van der Waals surface area contributed by atoms with Crippen molar-refractivity contribution in [3.63, 3.8) is 0 Å². The number of amides is 1. The van der Waals surface area contributed by atoms with Crippen molar-refractivity contribution in [3.8, 4) is 22.4 Å². The van der Waals surface area contributed by atoms with Crippen LogP contribution in [0.25, 0.3) is 34.5 Å². The summed E-state index contributed by atoms with van der Waals surface area (Å²) in [5.41, 5.74) is 6.12. The number of thioether (sulfide) groups is 1. The Morgan fingerprint density at radius 3 is 2.20 bits per heavy atom. The second-order valence-corrected chi connectivity index (χ2v) is 15.2. The molecule has 1 fully saturated rings. The van der Waals surface area contributed by atoms with E-state index in [0.717, 1.165) is 26.6 Å². The standard InChI is InChI=1S/C35H30Cl2N4O3S2/c1-23(2)45-30-15-10-27(11-16-30)26-8-3-24(4-9-26)7-18-34-38-33(31-17-12-28(36)19-32(31)37)21-40(34)20-25-5-13-29(14-6-25)41-22-35(42)39-46(41,43)44/h3-19,21,23H,20,22H2,1-2H3,(H,39,42)/b18-7+. The molecule has 1 aliphatic rings. The fourth-order valence-corrected chi connectivity index (χ4v) is 7.61. The van der Waals surface area contributed by atoms with Crippen molar-refractivity contribution >= 4 is 68.9 Å². The van der Waals surface area contributed by atoms with Crippen LogP contribution in [-0.2, 0) is 21.5 Å². The Labute approximate surface area is 283 Å². The highest BCUT2D eigenvalue weighted by Gasteiger charge is 2.33. The van der Waals surface area contributed by atoms with Crippen molar-refractivity contribution in [2.45, 2.75) is 30.5 Å². The van der Waals surface area contributed by atoms with E-state index in [1.807, 2.05) is 57.6 Å². The van der Waals surface area contributed by atoms with Gasteiger partial charge in [0.2, 0.25) is 0 Å². The van der Waals surface area contributed by atoms with Crippen LogP contribution >= 0.6 is 35.0 Å². The van der Waals surface area contributed by atoms with Gasteiger partial charge in [-0.2, -0.15) is 8.42 Å². The van der Waals surface area contributed by atoms with Crippen molar-refractivity contribution in [3.05, 3.63) is 124 Å². The molecule has 0 bridgehead atoms. The minimum atomic E-state index is -3.87. The Morgan fingerprint density at radius 1 is 0.913 bits per heavy atom. The molecular formula is C35H30Cl2N4O3S2. The molecule has 7 nitrogen and oxygen atoms in total. The van der Waals surface area contributed by atoms with Gasteiger partial charge in [-0.25, -0.2) is 14.0 Å². The number of rotatable bonds is 9. The molecule has 234 valence electrons. The third-order valence-corrected chi connectivity index (χ3v) is 10.3. The van der Waals surface area contributed by atoms with Gasteiger partial charge in [-0.1, -0.05) is 91.7 Å². The maximum atomic E-state index is 12.3. The third kappa shape index (κ3) is 7.34. The molecule has 1 aromatic heterocycles. The van der Waals surface area contributed by atoms with Crippen LogP contribution in [0.4, 0.5) is 5.69 Å². The summed E-state index contributed by atoms with van der Waals surface area (Å²) in [6.45, 7) is 4.60. The van der Waals surface area contributed by atoms with Crippen molar-refractivity contribution in [2.75, 3.05) is 10.8 Å². The molecule has 46 heavy (non-hydrogen) atoms. The smallest absolute Gasteiger partial charge is 0.326 e. The molecule has 11 heteroatoms. The van der Waals surface area contributed by atoms with Crippen molar-refractivity contribution in [1.82, 2.24) is 14.3 Å². The SMILES string of the molecule is CC(C)Sc1ccc(-c2ccc(/C=C/c3nc(-c4ccc(Cl)cc4Cl)cn3Cc3ccc(N4CC(=O)NS4(=O)=O)cc3)cc2)cc1. The maximum absolute atomic E-state index is 12.3. The van der Waals surface area contributed by atoms with Gasteiger partial charge in [0.15, 0.2) is 0 Å². The lowest BCUT2D eigenvalue weighted by molar-refractivity contribution is -0.117. The number of anilines is 1. The van der Waals surface area contributed by atoms with Crippen LogP contribution in [0.5, 0.6) is 0 Å². The van der Waals surface area contributed by atoms with Gasteiger partial charge in [-0.15, -0.1) is 11.8 Å². The molecule has 6 rings (SSSR count). The third-order valence-electron chi connectivity index (χ3n) is 7.31. The van der Waals surface area contributed by atoms with Crippen LogP contribution < -0.4 is 9.03 Å². The second kappa shape index (κ2) is 13.4. The zero-order valence-electron chi connectivity index (χ0n) is 25.0. The topological polar surface area (TPSA) is 84.3 Å². The average molecular weight is 690 g/mol. The van der Waals surface area contributed by atoms with E-state index < -0.39 is 16.1 Å². The molecule has 0 radical (unpaired) electrons. The van der Waals surface area contributed by atoms with Crippen LogP contribution in [0.15, 0.2) is 102 Å². The van der Waals surface area contributed by atoms with Crippen LogP contribution in [-0.4, -0.2) is 35.7 Å². The van der Waals surface area contributed by atoms with Gasteiger partial charge >= 0.3 is 10.2 Å². The Kier molecular flexibility index (Phi) is 9.29. The van der Waals surface area contributed by atoms with E-state index in [1.165, 1.54) is 10.5 Å². The summed E-state index contributed by atoms with van der Waals surface area (Å²) >= 11 is 14.5. The molecular weight excluding hydrogens is 659 g/mol. The van der Waals surface area contributed by atoms with Crippen LogP contribution in [0, 0.1) is 0 Å². The average Bonchev–Trinajstić information content (AvgIpc) is 3.54. The lowest BCUT2D eigenvalue weighted by atomic mass is 10.0. The minimum absolute atomic E-state index is 0.242. The van der Waals surface area contributed by atoms with Gasteiger partial charge in [0, 0.05) is 33.5 Å². The molecule has 5 aromatic rings. The molecule has 2 heterocycles. The zero-order chi connectivity index (χ0) is 32.4. The second-order valence-electron chi connectivity index (χ2n) is 11.1. The highest BCUT2D eigenvalue weighted by Crippen LogP contribution is 2.31. The summed E-state index contributed by atoms with van der Waals surface area (Å²) in [6.07, 6.45) is 5.91. The molecule has 0 aliphatic carbocycles. The first-order valence-electron chi connectivity index (χ1n) is 14.5. The van der Waals surface area contributed by atoms with Crippen molar-refractivity contribution in [2.24, 2.45) is 0 Å². The first-order valence-corrected chi connectivity index (χ1v) is 17.6. The monoisotopic (exact) mass is 688 g/mol. The Balaban J connectivity index is 1.25.